The number of hydrogen-bond acceptors (Lipinski definition) is 2. The molecule has 0 bridgehead atoms. The summed E-state index contributed by atoms with van der Waals surface area (Å²) in [5.41, 5.74) is 1.30. The molecule has 0 amide bonds. The molecule has 80 valence electrons. The fraction of sp³-hybridized carbons (Fsp3) is 0.333. The first-order valence-corrected chi connectivity index (χ1v) is 6.06. The molecule has 0 aliphatic heterocycles. The van der Waals surface area contributed by atoms with Gasteiger partial charge in [-0.25, -0.2) is 0 Å². The molecule has 2 aromatic rings. The summed E-state index contributed by atoms with van der Waals surface area (Å²) in [6, 6.07) is 3.70. The van der Waals surface area contributed by atoms with Crippen LogP contribution in [0.1, 0.15) is 26.3 Å². The summed E-state index contributed by atoms with van der Waals surface area (Å²) in [5.74, 6) is 0.268. The van der Waals surface area contributed by atoms with E-state index in [9.17, 15) is 5.11 Å². The molecule has 0 atom stereocenters. The molecule has 1 N–H and O–H groups in total. The maximum atomic E-state index is 9.75. The van der Waals surface area contributed by atoms with E-state index >= 15 is 0 Å². The predicted molar refractivity (Wildman–Crippen MR) is 67.2 cm³/mol. The second-order valence-electron chi connectivity index (χ2n) is 4.67. The molecule has 0 aliphatic rings. The van der Waals surface area contributed by atoms with E-state index < -0.39 is 0 Å². The molecular weight excluding hydrogens is 228 g/mol. The second kappa shape index (κ2) is 3.39. The number of hydrogen-bond donors (Lipinski definition) is 1. The van der Waals surface area contributed by atoms with E-state index in [1.807, 2.05) is 11.4 Å². The van der Waals surface area contributed by atoms with Crippen LogP contribution < -0.4 is 0 Å². The van der Waals surface area contributed by atoms with Gasteiger partial charge in [0.25, 0.3) is 0 Å². The third-order valence-electron chi connectivity index (χ3n) is 2.46. The first kappa shape index (κ1) is 10.8. The topological polar surface area (TPSA) is 20.2 Å². The van der Waals surface area contributed by atoms with E-state index in [4.69, 9.17) is 11.6 Å². The van der Waals surface area contributed by atoms with Gasteiger partial charge in [0.1, 0.15) is 5.75 Å². The Kier molecular flexibility index (Phi) is 2.44. The van der Waals surface area contributed by atoms with Crippen LogP contribution in [0.3, 0.4) is 0 Å². The molecule has 1 heterocycles. The van der Waals surface area contributed by atoms with Gasteiger partial charge in [-0.3, -0.25) is 0 Å². The Balaban J connectivity index is 2.85. The standard InChI is InChI=1S/C12H13ClOS/c1-12(2,3)7-4-5-9(14)10-8(13)6-15-11(7)10/h4-6,14H,1-3H3. The fourth-order valence-electron chi connectivity index (χ4n) is 1.69. The van der Waals surface area contributed by atoms with E-state index in [1.54, 1.807) is 17.4 Å². The first-order valence-electron chi connectivity index (χ1n) is 4.80. The lowest BCUT2D eigenvalue weighted by molar-refractivity contribution is 0.481. The van der Waals surface area contributed by atoms with Gasteiger partial charge < -0.3 is 5.11 Å². The van der Waals surface area contributed by atoms with E-state index in [0.29, 0.717) is 5.02 Å². The Morgan fingerprint density at radius 1 is 1.27 bits per heavy atom. The van der Waals surface area contributed by atoms with E-state index in [1.165, 1.54) is 5.56 Å². The first-order chi connectivity index (χ1) is 6.91. The second-order valence-corrected chi connectivity index (χ2v) is 5.96. The monoisotopic (exact) mass is 240 g/mol. The minimum atomic E-state index is 0.0696. The highest BCUT2D eigenvalue weighted by molar-refractivity contribution is 7.18. The summed E-state index contributed by atoms with van der Waals surface area (Å²) in [4.78, 5) is 0. The number of benzene rings is 1. The molecule has 0 saturated heterocycles. The summed E-state index contributed by atoms with van der Waals surface area (Å²) >= 11 is 7.64. The molecule has 2 rings (SSSR count). The molecule has 1 aromatic heterocycles. The van der Waals surface area contributed by atoms with Gasteiger partial charge in [0.2, 0.25) is 0 Å². The van der Waals surface area contributed by atoms with Crippen molar-refractivity contribution >= 4 is 33.0 Å². The SMILES string of the molecule is CC(C)(C)c1ccc(O)c2c(Cl)csc12. The third kappa shape index (κ3) is 1.72. The van der Waals surface area contributed by atoms with Crippen molar-refractivity contribution in [3.8, 4) is 5.75 Å². The van der Waals surface area contributed by atoms with Crippen LogP contribution >= 0.6 is 22.9 Å². The van der Waals surface area contributed by atoms with E-state index in [0.717, 1.165) is 10.1 Å². The van der Waals surface area contributed by atoms with Crippen molar-refractivity contribution in [3.63, 3.8) is 0 Å². The smallest absolute Gasteiger partial charge is 0.125 e. The quantitative estimate of drug-likeness (QED) is 0.716. The predicted octanol–water partition coefficient (Wildman–Crippen LogP) is 4.56. The lowest BCUT2D eigenvalue weighted by Gasteiger charge is -2.20. The van der Waals surface area contributed by atoms with E-state index in [2.05, 4.69) is 20.8 Å². The Hall–Kier alpha value is -0.730. The van der Waals surface area contributed by atoms with Gasteiger partial charge in [-0.2, -0.15) is 0 Å². The summed E-state index contributed by atoms with van der Waals surface area (Å²) in [7, 11) is 0. The van der Waals surface area contributed by atoms with Crippen LogP contribution in [0.4, 0.5) is 0 Å². The zero-order valence-electron chi connectivity index (χ0n) is 8.97. The van der Waals surface area contributed by atoms with Gasteiger partial charge in [0, 0.05) is 10.1 Å². The van der Waals surface area contributed by atoms with Gasteiger partial charge in [-0.15, -0.1) is 11.3 Å². The van der Waals surface area contributed by atoms with Crippen molar-refractivity contribution in [1.82, 2.24) is 0 Å². The number of thiophene rings is 1. The number of halogens is 1. The highest BCUT2D eigenvalue weighted by atomic mass is 35.5. The number of fused-ring (bicyclic) bond motifs is 1. The Labute approximate surface area is 98.3 Å². The highest BCUT2D eigenvalue weighted by Crippen LogP contribution is 2.41. The third-order valence-corrected chi connectivity index (χ3v) is 3.90. The molecule has 15 heavy (non-hydrogen) atoms. The van der Waals surface area contributed by atoms with Crippen molar-refractivity contribution in [2.45, 2.75) is 26.2 Å². The molecule has 0 aliphatic carbocycles. The van der Waals surface area contributed by atoms with Gasteiger partial charge in [0.05, 0.1) is 10.4 Å². The summed E-state index contributed by atoms with van der Waals surface area (Å²) in [6.45, 7) is 6.48. The number of phenols is 1. The van der Waals surface area contributed by atoms with Gasteiger partial charge in [-0.1, -0.05) is 38.4 Å². The molecule has 0 fully saturated rings. The Bertz CT molecular complexity index is 508. The molecular formula is C12H13ClOS. The Morgan fingerprint density at radius 2 is 1.93 bits per heavy atom. The lowest BCUT2D eigenvalue weighted by Crippen LogP contribution is -2.10. The van der Waals surface area contributed by atoms with Crippen molar-refractivity contribution < 1.29 is 5.11 Å². The highest BCUT2D eigenvalue weighted by Gasteiger charge is 2.20. The zero-order chi connectivity index (χ0) is 11.2. The molecule has 0 unspecified atom stereocenters. The van der Waals surface area contributed by atoms with Gasteiger partial charge in [-0.05, 0) is 17.0 Å². The zero-order valence-corrected chi connectivity index (χ0v) is 10.5. The number of rotatable bonds is 0. The fourth-order valence-corrected chi connectivity index (χ4v) is 3.24. The van der Waals surface area contributed by atoms with Crippen molar-refractivity contribution in [2.24, 2.45) is 0 Å². The van der Waals surface area contributed by atoms with Crippen LogP contribution in [0.2, 0.25) is 5.02 Å². The molecule has 0 radical (unpaired) electrons. The summed E-state index contributed by atoms with van der Waals surface area (Å²) < 4.78 is 1.09. The number of phenolic OH excluding ortho intramolecular Hbond substituents is 1. The Morgan fingerprint density at radius 3 is 2.53 bits per heavy atom. The normalized spacial score (nSPS) is 12.3. The van der Waals surface area contributed by atoms with E-state index in [-0.39, 0.29) is 11.2 Å². The van der Waals surface area contributed by atoms with Crippen LogP contribution in [0.5, 0.6) is 5.75 Å². The average Bonchev–Trinajstić information content (AvgIpc) is 2.47. The minimum absolute atomic E-state index is 0.0696. The van der Waals surface area contributed by atoms with Crippen molar-refractivity contribution in [1.29, 1.82) is 0 Å². The largest absolute Gasteiger partial charge is 0.507 e. The van der Waals surface area contributed by atoms with Crippen LogP contribution in [-0.2, 0) is 5.41 Å². The summed E-state index contributed by atoms with van der Waals surface area (Å²) in [5, 5.41) is 13.1. The van der Waals surface area contributed by atoms with Gasteiger partial charge in [0.15, 0.2) is 0 Å². The molecule has 3 heteroatoms. The van der Waals surface area contributed by atoms with Crippen LogP contribution in [0, 0.1) is 0 Å². The molecule has 1 nitrogen and oxygen atoms in total. The van der Waals surface area contributed by atoms with Crippen molar-refractivity contribution in [3.05, 3.63) is 28.1 Å². The summed E-state index contributed by atoms with van der Waals surface area (Å²) in [6.07, 6.45) is 0. The maximum absolute atomic E-state index is 9.75. The minimum Gasteiger partial charge on any atom is -0.507 e. The van der Waals surface area contributed by atoms with Crippen molar-refractivity contribution in [2.75, 3.05) is 0 Å². The molecule has 1 aromatic carbocycles. The van der Waals surface area contributed by atoms with Crippen LogP contribution in [0.25, 0.3) is 10.1 Å². The van der Waals surface area contributed by atoms with Gasteiger partial charge >= 0.3 is 0 Å². The van der Waals surface area contributed by atoms with Crippen LogP contribution in [0.15, 0.2) is 17.5 Å². The van der Waals surface area contributed by atoms with Crippen LogP contribution in [-0.4, -0.2) is 5.11 Å². The molecule has 0 saturated carbocycles. The molecule has 0 spiro atoms. The number of aromatic hydroxyl groups is 1. The average molecular weight is 241 g/mol. The lowest BCUT2D eigenvalue weighted by atomic mass is 9.86. The maximum Gasteiger partial charge on any atom is 0.125 e.